The number of aromatic nitrogens is 2. The highest BCUT2D eigenvalue weighted by Gasteiger charge is 2.34. The molecule has 3 heterocycles. The van der Waals surface area contributed by atoms with Crippen LogP contribution < -0.4 is 14.2 Å². The SMILES string of the molecule is COc1cc(C(CC(=O)N2CCC(c3c[nH]c4ccc([N+](=O)[O-])cc34)CC2=O)c2c[nH]c3ccc([N+](=O)[O-])cc23)cc(OC)c1OC. The highest BCUT2D eigenvalue weighted by Crippen LogP contribution is 2.44. The quantitative estimate of drug-likeness (QED) is 0.137. The summed E-state index contributed by atoms with van der Waals surface area (Å²) in [6.45, 7) is 0.158. The van der Waals surface area contributed by atoms with Crippen molar-refractivity contribution in [2.24, 2.45) is 0 Å². The molecule has 0 bridgehead atoms. The molecule has 3 aromatic carbocycles. The fourth-order valence-corrected chi connectivity index (χ4v) is 6.47. The van der Waals surface area contributed by atoms with Crippen LogP contribution in [0.25, 0.3) is 21.8 Å². The first kappa shape index (κ1) is 31.1. The van der Waals surface area contributed by atoms with Crippen molar-refractivity contribution in [3.63, 3.8) is 0 Å². The molecular formula is C33H31N5O9. The Kier molecular flexibility index (Phi) is 8.24. The number of hydrogen-bond donors (Lipinski definition) is 2. The van der Waals surface area contributed by atoms with Crippen LogP contribution in [0.2, 0.25) is 0 Å². The average Bonchev–Trinajstić information content (AvgIpc) is 3.70. The molecule has 0 spiro atoms. The van der Waals surface area contributed by atoms with Crippen LogP contribution in [0.15, 0.2) is 60.9 Å². The van der Waals surface area contributed by atoms with Crippen LogP contribution >= 0.6 is 0 Å². The number of non-ortho nitro benzene ring substituents is 2. The first-order valence-corrected chi connectivity index (χ1v) is 14.8. The van der Waals surface area contributed by atoms with Crippen molar-refractivity contribution in [2.45, 2.75) is 31.1 Å². The van der Waals surface area contributed by atoms with E-state index in [2.05, 4.69) is 9.97 Å². The van der Waals surface area contributed by atoms with Crippen molar-refractivity contribution in [1.82, 2.24) is 14.9 Å². The molecule has 1 aliphatic heterocycles. The second-order valence-corrected chi connectivity index (χ2v) is 11.3. The number of nitrogens with zero attached hydrogens (tertiary/aromatic N) is 3. The summed E-state index contributed by atoms with van der Waals surface area (Å²) in [5.41, 5.74) is 3.25. The van der Waals surface area contributed by atoms with E-state index in [9.17, 15) is 29.8 Å². The van der Waals surface area contributed by atoms with E-state index >= 15 is 0 Å². The molecular weight excluding hydrogens is 610 g/mol. The van der Waals surface area contributed by atoms with Gasteiger partial charge < -0.3 is 24.2 Å². The number of fused-ring (bicyclic) bond motifs is 2. The Labute approximate surface area is 267 Å². The maximum atomic E-state index is 14.0. The van der Waals surface area contributed by atoms with Gasteiger partial charge in [0.25, 0.3) is 11.4 Å². The third kappa shape index (κ3) is 5.69. The van der Waals surface area contributed by atoms with Gasteiger partial charge in [-0.15, -0.1) is 0 Å². The highest BCUT2D eigenvalue weighted by atomic mass is 16.6. The number of amides is 2. The van der Waals surface area contributed by atoms with E-state index in [1.165, 1.54) is 50.5 Å². The van der Waals surface area contributed by atoms with Gasteiger partial charge >= 0.3 is 0 Å². The normalized spacial score (nSPS) is 15.5. The maximum Gasteiger partial charge on any atom is 0.270 e. The number of rotatable bonds is 10. The zero-order valence-electron chi connectivity index (χ0n) is 25.8. The van der Waals surface area contributed by atoms with Crippen LogP contribution in [0.1, 0.15) is 47.8 Å². The van der Waals surface area contributed by atoms with E-state index in [0.717, 1.165) is 11.1 Å². The van der Waals surface area contributed by atoms with Crippen molar-refractivity contribution in [1.29, 1.82) is 0 Å². The van der Waals surface area contributed by atoms with Crippen LogP contribution in [0.5, 0.6) is 17.2 Å². The minimum Gasteiger partial charge on any atom is -0.493 e. The zero-order valence-corrected chi connectivity index (χ0v) is 25.8. The third-order valence-electron chi connectivity index (χ3n) is 8.82. The largest absolute Gasteiger partial charge is 0.493 e. The van der Waals surface area contributed by atoms with Gasteiger partial charge in [-0.1, -0.05) is 0 Å². The molecule has 242 valence electrons. The highest BCUT2D eigenvalue weighted by molar-refractivity contribution is 5.98. The number of imide groups is 1. The molecule has 5 aromatic rings. The Bertz CT molecular complexity index is 2020. The van der Waals surface area contributed by atoms with Crippen LogP contribution in [-0.4, -0.2) is 64.4 Å². The summed E-state index contributed by atoms with van der Waals surface area (Å²) < 4.78 is 16.6. The van der Waals surface area contributed by atoms with Gasteiger partial charge in [0, 0.05) is 83.8 Å². The van der Waals surface area contributed by atoms with Gasteiger partial charge in [-0.2, -0.15) is 0 Å². The van der Waals surface area contributed by atoms with E-state index in [1.54, 1.807) is 36.7 Å². The van der Waals surface area contributed by atoms with Gasteiger partial charge in [0.1, 0.15) is 0 Å². The summed E-state index contributed by atoms with van der Waals surface area (Å²) in [7, 11) is 4.43. The Morgan fingerprint density at radius 2 is 1.49 bits per heavy atom. The molecule has 14 heteroatoms. The Balaban J connectivity index is 1.33. The fourth-order valence-electron chi connectivity index (χ4n) is 6.47. The monoisotopic (exact) mass is 641 g/mol. The number of piperidine rings is 1. The number of carbonyl (C=O) groups excluding carboxylic acids is 2. The van der Waals surface area contributed by atoms with Gasteiger partial charge in [-0.25, -0.2) is 0 Å². The predicted octanol–water partition coefficient (Wildman–Crippen LogP) is 5.95. The van der Waals surface area contributed by atoms with Gasteiger partial charge in [-0.05, 0) is 53.3 Å². The lowest BCUT2D eigenvalue weighted by Gasteiger charge is -2.31. The first-order valence-electron chi connectivity index (χ1n) is 14.8. The molecule has 14 nitrogen and oxygen atoms in total. The van der Waals surface area contributed by atoms with Gasteiger partial charge in [0.2, 0.25) is 17.6 Å². The molecule has 2 N–H and O–H groups in total. The lowest BCUT2D eigenvalue weighted by atomic mass is 9.85. The molecule has 2 amide bonds. The molecule has 0 radical (unpaired) electrons. The fraction of sp³-hybridized carbons (Fsp3) is 0.273. The summed E-state index contributed by atoms with van der Waals surface area (Å²) in [6, 6.07) is 12.5. The average molecular weight is 642 g/mol. The minimum absolute atomic E-state index is 0.0438. The molecule has 1 fully saturated rings. The van der Waals surface area contributed by atoms with Crippen LogP contribution in [-0.2, 0) is 9.59 Å². The molecule has 2 aromatic heterocycles. The van der Waals surface area contributed by atoms with Crippen molar-refractivity contribution < 1.29 is 33.6 Å². The predicted molar refractivity (Wildman–Crippen MR) is 171 cm³/mol. The molecule has 1 saturated heterocycles. The number of aromatic amines is 2. The number of H-pyrrole nitrogens is 2. The van der Waals surface area contributed by atoms with Gasteiger partial charge in [-0.3, -0.25) is 34.7 Å². The van der Waals surface area contributed by atoms with Crippen molar-refractivity contribution in [3.05, 3.63) is 97.8 Å². The van der Waals surface area contributed by atoms with E-state index in [0.29, 0.717) is 51.1 Å². The summed E-state index contributed by atoms with van der Waals surface area (Å²) in [6.07, 6.45) is 3.86. The smallest absolute Gasteiger partial charge is 0.270 e. The van der Waals surface area contributed by atoms with Crippen LogP contribution in [0, 0.1) is 20.2 Å². The van der Waals surface area contributed by atoms with Crippen LogP contribution in [0.3, 0.4) is 0 Å². The van der Waals surface area contributed by atoms with Gasteiger partial charge in [0.15, 0.2) is 11.5 Å². The number of ether oxygens (including phenoxy) is 3. The minimum atomic E-state index is -0.661. The number of methoxy groups -OCH3 is 3. The summed E-state index contributed by atoms with van der Waals surface area (Å²) in [5, 5.41) is 24.2. The Morgan fingerprint density at radius 3 is 2.06 bits per heavy atom. The van der Waals surface area contributed by atoms with Gasteiger partial charge in [0.05, 0.1) is 31.2 Å². The number of likely N-dealkylation sites (tertiary alicyclic amines) is 1. The van der Waals surface area contributed by atoms with Crippen molar-refractivity contribution >= 4 is 45.0 Å². The summed E-state index contributed by atoms with van der Waals surface area (Å²) in [4.78, 5) is 57.1. The topological polar surface area (TPSA) is 183 Å². The van der Waals surface area contributed by atoms with Crippen molar-refractivity contribution in [2.75, 3.05) is 27.9 Å². The Morgan fingerprint density at radius 1 is 0.894 bits per heavy atom. The van der Waals surface area contributed by atoms with E-state index in [-0.39, 0.29) is 42.6 Å². The Hall–Kier alpha value is -5.92. The molecule has 2 unspecified atom stereocenters. The molecule has 2 atom stereocenters. The first-order chi connectivity index (χ1) is 22.6. The molecule has 47 heavy (non-hydrogen) atoms. The second-order valence-electron chi connectivity index (χ2n) is 11.3. The van der Waals surface area contributed by atoms with E-state index in [4.69, 9.17) is 14.2 Å². The van der Waals surface area contributed by atoms with Crippen molar-refractivity contribution in [3.8, 4) is 17.2 Å². The molecule has 1 aliphatic rings. The third-order valence-corrected chi connectivity index (χ3v) is 8.82. The zero-order chi connectivity index (χ0) is 33.4. The number of nitro benzene ring substituents is 2. The number of carbonyl (C=O) groups is 2. The molecule has 6 rings (SSSR count). The number of nitro groups is 2. The second kappa shape index (κ2) is 12.5. The van der Waals surface area contributed by atoms with E-state index < -0.39 is 21.7 Å². The van der Waals surface area contributed by atoms with E-state index in [1.807, 2.05) is 0 Å². The lowest BCUT2D eigenvalue weighted by Crippen LogP contribution is -2.42. The van der Waals surface area contributed by atoms with Crippen LogP contribution in [0.4, 0.5) is 11.4 Å². The molecule has 0 aliphatic carbocycles. The summed E-state index contributed by atoms with van der Waals surface area (Å²) >= 11 is 0. The summed E-state index contributed by atoms with van der Waals surface area (Å²) in [5.74, 6) is -0.583. The number of hydrogen-bond acceptors (Lipinski definition) is 9. The maximum absolute atomic E-state index is 14.0. The standard InChI is InChI=1S/C33H31N5O9/c1-45-29-10-19(11-30(46-2)33(29)47-3)22(26-17-35-28-7-5-21(38(43)44)14-24(26)28)15-32(40)36-9-8-18(12-31(36)39)25-16-34-27-6-4-20(37(41)42)13-23(25)27/h4-7,10-11,13-14,16-18,22,34-35H,8-9,12,15H2,1-3H3. The number of nitrogens with one attached hydrogen (secondary N) is 2. The lowest BCUT2D eigenvalue weighted by molar-refractivity contribution is -0.384. The number of benzene rings is 3. The molecule has 0 saturated carbocycles.